The van der Waals surface area contributed by atoms with Crippen molar-refractivity contribution in [2.45, 2.75) is 0 Å². The lowest BCUT2D eigenvalue weighted by atomic mass is 10.1. The summed E-state index contributed by atoms with van der Waals surface area (Å²) in [6.45, 7) is 1.64. The van der Waals surface area contributed by atoms with E-state index in [1.807, 2.05) is 12.4 Å². The monoisotopic (exact) mass is 618 g/mol. The van der Waals surface area contributed by atoms with Crippen LogP contribution in [0.1, 0.15) is 0 Å². The fourth-order valence-corrected chi connectivity index (χ4v) is 7.58. The Morgan fingerprint density at radius 1 is 0.354 bits per heavy atom. The van der Waals surface area contributed by atoms with Crippen molar-refractivity contribution in [3.63, 3.8) is 0 Å². The first-order chi connectivity index (χ1) is 23.8. The third-order valence-corrected chi connectivity index (χ3v) is 9.72. The molecule has 6 nitrogen and oxygen atoms in total. The second kappa shape index (κ2) is 10.6. The SMILES string of the molecule is c1ccc2c(c1)N(c1ccc(-n3c4ccccc4c4ccccc43)nc1)CCN2c1ccc(-n2c3ccccc3c3ccccc32)nc1. The summed E-state index contributed by atoms with van der Waals surface area (Å²) in [5, 5.41) is 4.95. The highest BCUT2D eigenvalue weighted by molar-refractivity contribution is 6.10. The predicted molar refractivity (Wildman–Crippen MR) is 198 cm³/mol. The molecular weight excluding hydrogens is 589 g/mol. The molecule has 1 aliphatic heterocycles. The molecule has 0 aliphatic carbocycles. The molecule has 0 radical (unpaired) electrons. The Bertz CT molecular complexity index is 2340. The van der Waals surface area contributed by atoms with Crippen molar-refractivity contribution >= 4 is 66.4 Å². The van der Waals surface area contributed by atoms with Crippen molar-refractivity contribution in [3.05, 3.63) is 158 Å². The van der Waals surface area contributed by atoms with Crippen molar-refractivity contribution in [2.75, 3.05) is 22.9 Å². The lowest BCUT2D eigenvalue weighted by Gasteiger charge is -2.38. The van der Waals surface area contributed by atoms with E-state index in [9.17, 15) is 0 Å². The zero-order valence-corrected chi connectivity index (χ0v) is 26.1. The van der Waals surface area contributed by atoms with Crippen molar-refractivity contribution < 1.29 is 0 Å². The maximum Gasteiger partial charge on any atom is 0.137 e. The quantitative estimate of drug-likeness (QED) is 0.197. The minimum Gasteiger partial charge on any atom is -0.337 e. The zero-order valence-electron chi connectivity index (χ0n) is 26.1. The van der Waals surface area contributed by atoms with E-state index in [2.05, 4.69) is 165 Å². The molecule has 0 atom stereocenters. The molecule has 1 aliphatic rings. The molecule has 228 valence electrons. The fourth-order valence-electron chi connectivity index (χ4n) is 7.58. The van der Waals surface area contributed by atoms with E-state index in [1.54, 1.807) is 0 Å². The predicted octanol–water partition coefficient (Wildman–Crippen LogP) is 9.96. The van der Waals surface area contributed by atoms with Crippen LogP contribution in [0.4, 0.5) is 22.7 Å². The number of rotatable bonds is 4. The van der Waals surface area contributed by atoms with Gasteiger partial charge in [0.25, 0.3) is 0 Å². The van der Waals surface area contributed by atoms with Gasteiger partial charge in [0.15, 0.2) is 0 Å². The number of aromatic nitrogens is 4. The fraction of sp³-hybridized carbons (Fsp3) is 0.0476. The van der Waals surface area contributed by atoms with Gasteiger partial charge in [-0.15, -0.1) is 0 Å². The molecule has 9 aromatic rings. The molecular formula is C42H30N6. The first-order valence-electron chi connectivity index (χ1n) is 16.4. The van der Waals surface area contributed by atoms with E-state index in [1.165, 1.54) is 21.5 Å². The summed E-state index contributed by atoms with van der Waals surface area (Å²) in [4.78, 5) is 14.8. The van der Waals surface area contributed by atoms with Crippen LogP contribution < -0.4 is 9.80 Å². The molecule has 6 heteroatoms. The largest absolute Gasteiger partial charge is 0.337 e. The van der Waals surface area contributed by atoms with Crippen molar-refractivity contribution in [3.8, 4) is 11.6 Å². The third-order valence-electron chi connectivity index (χ3n) is 9.72. The standard InChI is InChI=1S/C42H30N6/c1-5-15-35-31(11-1)32-12-2-6-16-36(32)47(35)41-23-21-29(27-43-41)45-25-26-46(40-20-10-9-19-39(40)45)30-22-24-42(44-28-30)48-37-17-7-3-13-33(37)34-14-4-8-18-38(34)48/h1-24,27-28H,25-26H2. The summed E-state index contributed by atoms with van der Waals surface area (Å²) in [6, 6.07) is 51.5. The summed E-state index contributed by atoms with van der Waals surface area (Å²) in [6.07, 6.45) is 4.01. The van der Waals surface area contributed by atoms with Crippen LogP contribution in [0.15, 0.2) is 158 Å². The van der Waals surface area contributed by atoms with Gasteiger partial charge in [0.05, 0.1) is 57.2 Å². The molecule has 0 N–H and O–H groups in total. The molecule has 10 rings (SSSR count). The second-order valence-electron chi connectivity index (χ2n) is 12.3. The van der Waals surface area contributed by atoms with Crippen LogP contribution in [0.2, 0.25) is 0 Å². The zero-order chi connectivity index (χ0) is 31.6. The van der Waals surface area contributed by atoms with Gasteiger partial charge >= 0.3 is 0 Å². The normalized spacial score (nSPS) is 13.2. The Kier molecular flexibility index (Phi) is 5.90. The average molecular weight is 619 g/mol. The van der Waals surface area contributed by atoms with Gasteiger partial charge in [0.2, 0.25) is 0 Å². The highest BCUT2D eigenvalue weighted by atomic mass is 15.3. The van der Waals surface area contributed by atoms with Gasteiger partial charge in [0.1, 0.15) is 11.6 Å². The lowest BCUT2D eigenvalue weighted by Crippen LogP contribution is -2.36. The van der Waals surface area contributed by atoms with Crippen LogP contribution >= 0.6 is 0 Å². The number of nitrogens with zero attached hydrogens (tertiary/aromatic N) is 6. The van der Waals surface area contributed by atoms with Crippen molar-refractivity contribution in [1.29, 1.82) is 0 Å². The number of hydrogen-bond acceptors (Lipinski definition) is 4. The lowest BCUT2D eigenvalue weighted by molar-refractivity contribution is 0.845. The van der Waals surface area contributed by atoms with E-state index < -0.39 is 0 Å². The number of benzene rings is 5. The molecule has 4 aromatic heterocycles. The number of fused-ring (bicyclic) bond motifs is 7. The van der Waals surface area contributed by atoms with Gasteiger partial charge < -0.3 is 9.80 Å². The molecule has 0 fully saturated rings. The van der Waals surface area contributed by atoms with E-state index in [-0.39, 0.29) is 0 Å². The molecule has 0 saturated carbocycles. The summed E-state index contributed by atoms with van der Waals surface area (Å²) in [5.41, 5.74) is 9.11. The Labute approximate surface area is 277 Å². The molecule has 5 aromatic carbocycles. The smallest absolute Gasteiger partial charge is 0.137 e. The minimum absolute atomic E-state index is 0.821. The van der Waals surface area contributed by atoms with Gasteiger partial charge in [-0.1, -0.05) is 84.9 Å². The number of para-hydroxylation sites is 6. The maximum absolute atomic E-state index is 5.02. The van der Waals surface area contributed by atoms with Gasteiger partial charge in [-0.05, 0) is 60.7 Å². The summed E-state index contributed by atoms with van der Waals surface area (Å²) in [5.74, 6) is 1.83. The van der Waals surface area contributed by atoms with Crippen LogP contribution in [0.5, 0.6) is 0 Å². The molecule has 0 amide bonds. The van der Waals surface area contributed by atoms with Crippen LogP contribution in [-0.2, 0) is 0 Å². The van der Waals surface area contributed by atoms with Gasteiger partial charge in [0, 0.05) is 34.6 Å². The summed E-state index contributed by atoms with van der Waals surface area (Å²) < 4.78 is 4.52. The first-order valence-corrected chi connectivity index (χ1v) is 16.4. The minimum atomic E-state index is 0.821. The number of hydrogen-bond donors (Lipinski definition) is 0. The highest BCUT2D eigenvalue weighted by Crippen LogP contribution is 2.41. The highest BCUT2D eigenvalue weighted by Gasteiger charge is 2.25. The van der Waals surface area contributed by atoms with Crippen LogP contribution in [0.25, 0.3) is 55.2 Å². The van der Waals surface area contributed by atoms with Gasteiger partial charge in [-0.3, -0.25) is 9.13 Å². The van der Waals surface area contributed by atoms with Crippen LogP contribution in [0, 0.1) is 0 Å². The van der Waals surface area contributed by atoms with Crippen LogP contribution in [-0.4, -0.2) is 32.2 Å². The molecule has 0 unspecified atom stereocenters. The van der Waals surface area contributed by atoms with E-state index in [4.69, 9.17) is 9.97 Å². The Hall–Kier alpha value is -6.40. The Balaban J connectivity index is 0.987. The van der Waals surface area contributed by atoms with Crippen molar-refractivity contribution in [1.82, 2.24) is 19.1 Å². The van der Waals surface area contributed by atoms with Gasteiger partial charge in [-0.2, -0.15) is 0 Å². The molecule has 0 saturated heterocycles. The molecule has 5 heterocycles. The Morgan fingerprint density at radius 2 is 0.688 bits per heavy atom. The Morgan fingerprint density at radius 3 is 1.02 bits per heavy atom. The molecule has 0 bridgehead atoms. The summed E-state index contributed by atoms with van der Waals surface area (Å²) >= 11 is 0. The topological polar surface area (TPSA) is 42.1 Å². The number of pyridine rings is 2. The van der Waals surface area contributed by atoms with E-state index in [0.717, 1.165) is 69.5 Å². The molecule has 48 heavy (non-hydrogen) atoms. The van der Waals surface area contributed by atoms with Gasteiger partial charge in [-0.25, -0.2) is 9.97 Å². The van der Waals surface area contributed by atoms with E-state index >= 15 is 0 Å². The maximum atomic E-state index is 5.02. The van der Waals surface area contributed by atoms with Crippen LogP contribution in [0.3, 0.4) is 0 Å². The second-order valence-corrected chi connectivity index (χ2v) is 12.3. The molecule has 0 spiro atoms. The average Bonchev–Trinajstić information content (AvgIpc) is 3.68. The third kappa shape index (κ3) is 3.99. The van der Waals surface area contributed by atoms with Crippen molar-refractivity contribution in [2.24, 2.45) is 0 Å². The summed E-state index contributed by atoms with van der Waals surface area (Å²) in [7, 11) is 0. The first kappa shape index (κ1) is 26.8. The number of anilines is 4. The van der Waals surface area contributed by atoms with E-state index in [0.29, 0.717) is 0 Å².